The van der Waals surface area contributed by atoms with E-state index in [0.717, 1.165) is 31.6 Å². The SMILES string of the molecule is CN1CCC(CNC(=O)c2cc(-n3cc(NC(=O)Nc4ccccc4Cl)cn3)cs2)CC1. The molecule has 3 heterocycles. The first kappa shape index (κ1) is 22.3. The molecule has 1 aromatic carbocycles. The lowest BCUT2D eigenvalue weighted by Crippen LogP contribution is -2.36. The van der Waals surface area contributed by atoms with Gasteiger partial charge in [-0.2, -0.15) is 5.10 Å². The number of benzene rings is 1. The van der Waals surface area contributed by atoms with Gasteiger partial charge in [0.25, 0.3) is 5.91 Å². The first-order valence-corrected chi connectivity index (χ1v) is 11.7. The van der Waals surface area contributed by atoms with Crippen molar-refractivity contribution in [1.29, 1.82) is 0 Å². The van der Waals surface area contributed by atoms with Gasteiger partial charge in [0.05, 0.1) is 39.4 Å². The van der Waals surface area contributed by atoms with Crippen LogP contribution < -0.4 is 16.0 Å². The number of hydrogen-bond donors (Lipinski definition) is 3. The molecule has 1 aliphatic rings. The number of aromatic nitrogens is 2. The summed E-state index contributed by atoms with van der Waals surface area (Å²) in [6, 6.07) is 8.38. The number of piperidine rings is 1. The van der Waals surface area contributed by atoms with Crippen LogP contribution in [0.5, 0.6) is 0 Å². The fraction of sp³-hybridized carbons (Fsp3) is 0.318. The Balaban J connectivity index is 1.31. The summed E-state index contributed by atoms with van der Waals surface area (Å²) in [5.41, 5.74) is 1.81. The van der Waals surface area contributed by atoms with Crippen LogP contribution in [0.1, 0.15) is 22.5 Å². The van der Waals surface area contributed by atoms with E-state index in [1.807, 2.05) is 5.38 Å². The van der Waals surface area contributed by atoms with Crippen LogP contribution in [0, 0.1) is 5.92 Å². The number of hydrogen-bond acceptors (Lipinski definition) is 5. The second-order valence-electron chi connectivity index (χ2n) is 7.86. The zero-order valence-electron chi connectivity index (χ0n) is 17.7. The number of nitrogens with zero attached hydrogens (tertiary/aromatic N) is 3. The molecule has 3 aromatic rings. The Bertz CT molecular complexity index is 1090. The molecule has 8 nitrogen and oxygen atoms in total. The van der Waals surface area contributed by atoms with Gasteiger partial charge in [0.2, 0.25) is 0 Å². The van der Waals surface area contributed by atoms with E-state index >= 15 is 0 Å². The molecule has 1 saturated heterocycles. The molecule has 168 valence electrons. The highest BCUT2D eigenvalue weighted by molar-refractivity contribution is 7.12. The number of para-hydroxylation sites is 1. The van der Waals surface area contributed by atoms with Crippen molar-refractivity contribution >= 4 is 46.3 Å². The molecule has 0 unspecified atom stereocenters. The highest BCUT2D eigenvalue weighted by Crippen LogP contribution is 2.22. The van der Waals surface area contributed by atoms with Gasteiger partial charge in [0.15, 0.2) is 0 Å². The van der Waals surface area contributed by atoms with Crippen LogP contribution >= 0.6 is 22.9 Å². The molecular weight excluding hydrogens is 448 g/mol. The summed E-state index contributed by atoms with van der Waals surface area (Å²) in [6.07, 6.45) is 5.46. The monoisotopic (exact) mass is 472 g/mol. The van der Waals surface area contributed by atoms with E-state index < -0.39 is 6.03 Å². The zero-order chi connectivity index (χ0) is 22.5. The van der Waals surface area contributed by atoms with E-state index in [9.17, 15) is 9.59 Å². The number of carbonyl (C=O) groups excluding carboxylic acids is 2. The van der Waals surface area contributed by atoms with Crippen molar-refractivity contribution in [1.82, 2.24) is 20.0 Å². The number of halogens is 1. The predicted molar refractivity (Wildman–Crippen MR) is 128 cm³/mol. The van der Waals surface area contributed by atoms with Crippen molar-refractivity contribution in [3.63, 3.8) is 0 Å². The molecule has 0 atom stereocenters. The summed E-state index contributed by atoms with van der Waals surface area (Å²) in [4.78, 5) is 27.7. The summed E-state index contributed by atoms with van der Waals surface area (Å²) in [5, 5.41) is 15.1. The van der Waals surface area contributed by atoms with Crippen molar-refractivity contribution in [2.24, 2.45) is 5.92 Å². The Hall–Kier alpha value is -2.88. The standard InChI is InChI=1S/C22H25ClN6O2S/c1-28-8-6-15(7-9-28)11-24-21(30)20-10-17(14-32-20)29-13-16(12-25-29)26-22(31)27-19-5-3-2-4-18(19)23/h2-5,10,12-15H,6-9,11H2,1H3,(H,24,30)(H2,26,27,31). The Labute approximate surface area is 195 Å². The third-order valence-electron chi connectivity index (χ3n) is 5.43. The fourth-order valence-electron chi connectivity index (χ4n) is 3.53. The van der Waals surface area contributed by atoms with Crippen LogP contribution in [-0.4, -0.2) is 53.3 Å². The molecule has 3 amide bonds. The number of anilines is 2. The van der Waals surface area contributed by atoms with Gasteiger partial charge in [0.1, 0.15) is 0 Å². The van der Waals surface area contributed by atoms with Crippen molar-refractivity contribution in [2.45, 2.75) is 12.8 Å². The van der Waals surface area contributed by atoms with Gasteiger partial charge in [0, 0.05) is 11.9 Å². The lowest BCUT2D eigenvalue weighted by Gasteiger charge is -2.28. The summed E-state index contributed by atoms with van der Waals surface area (Å²) in [6.45, 7) is 2.86. The number of carbonyl (C=O) groups is 2. The molecule has 4 rings (SSSR count). The van der Waals surface area contributed by atoms with Gasteiger partial charge in [-0.15, -0.1) is 11.3 Å². The summed E-state index contributed by atoms with van der Waals surface area (Å²) < 4.78 is 1.62. The van der Waals surface area contributed by atoms with Crippen molar-refractivity contribution in [3.8, 4) is 5.69 Å². The van der Waals surface area contributed by atoms with Crippen LogP contribution in [-0.2, 0) is 0 Å². The quantitative estimate of drug-likeness (QED) is 0.498. The van der Waals surface area contributed by atoms with Gasteiger partial charge in [-0.3, -0.25) is 4.79 Å². The van der Waals surface area contributed by atoms with Crippen molar-refractivity contribution < 1.29 is 9.59 Å². The zero-order valence-corrected chi connectivity index (χ0v) is 19.2. The largest absolute Gasteiger partial charge is 0.351 e. The molecule has 10 heteroatoms. The van der Waals surface area contributed by atoms with E-state index in [-0.39, 0.29) is 5.91 Å². The molecule has 1 fully saturated rings. The predicted octanol–water partition coefficient (Wildman–Crippen LogP) is 4.30. The summed E-state index contributed by atoms with van der Waals surface area (Å²) in [7, 11) is 2.13. The fourth-order valence-corrected chi connectivity index (χ4v) is 4.51. The van der Waals surface area contributed by atoms with Crippen molar-refractivity contribution in [2.75, 3.05) is 37.3 Å². The van der Waals surface area contributed by atoms with E-state index in [0.29, 0.717) is 33.7 Å². The smallest absolute Gasteiger partial charge is 0.323 e. The molecule has 0 spiro atoms. The van der Waals surface area contributed by atoms with Crippen LogP contribution in [0.25, 0.3) is 5.69 Å². The van der Waals surface area contributed by atoms with Crippen LogP contribution in [0.4, 0.5) is 16.2 Å². The Morgan fingerprint density at radius 3 is 2.78 bits per heavy atom. The number of urea groups is 1. The van der Waals surface area contributed by atoms with Gasteiger partial charge in [-0.1, -0.05) is 23.7 Å². The number of thiophene rings is 1. The van der Waals surface area contributed by atoms with E-state index in [2.05, 4.69) is 33.0 Å². The number of likely N-dealkylation sites (tertiary alicyclic amines) is 1. The van der Waals surface area contributed by atoms with Gasteiger partial charge >= 0.3 is 6.03 Å². The molecule has 0 aliphatic carbocycles. The van der Waals surface area contributed by atoms with Crippen LogP contribution in [0.2, 0.25) is 5.02 Å². The molecule has 0 radical (unpaired) electrons. The molecular formula is C22H25ClN6O2S. The molecule has 0 saturated carbocycles. The Kier molecular flexibility index (Phi) is 7.09. The van der Waals surface area contributed by atoms with Gasteiger partial charge in [-0.25, -0.2) is 9.48 Å². The van der Waals surface area contributed by atoms with Crippen LogP contribution in [0.15, 0.2) is 48.1 Å². The topological polar surface area (TPSA) is 91.3 Å². The van der Waals surface area contributed by atoms with Crippen molar-refractivity contribution in [3.05, 3.63) is 58.0 Å². The first-order valence-electron chi connectivity index (χ1n) is 10.4. The second kappa shape index (κ2) is 10.2. The van der Waals surface area contributed by atoms with E-state index in [4.69, 9.17) is 11.6 Å². The summed E-state index contributed by atoms with van der Waals surface area (Å²) >= 11 is 7.43. The lowest BCUT2D eigenvalue weighted by atomic mass is 9.97. The van der Waals surface area contributed by atoms with E-state index in [1.165, 1.54) is 11.3 Å². The number of rotatable bonds is 6. The van der Waals surface area contributed by atoms with E-state index in [1.54, 1.807) is 47.4 Å². The maximum Gasteiger partial charge on any atom is 0.323 e. The lowest BCUT2D eigenvalue weighted by molar-refractivity contribution is 0.0943. The molecule has 3 N–H and O–H groups in total. The molecule has 32 heavy (non-hydrogen) atoms. The average Bonchev–Trinajstić information content (AvgIpc) is 3.44. The molecule has 2 aromatic heterocycles. The molecule has 1 aliphatic heterocycles. The van der Waals surface area contributed by atoms with Crippen LogP contribution in [0.3, 0.4) is 0 Å². The highest BCUT2D eigenvalue weighted by Gasteiger charge is 2.18. The number of nitrogens with one attached hydrogen (secondary N) is 3. The molecule has 0 bridgehead atoms. The van der Waals surface area contributed by atoms with Gasteiger partial charge in [-0.05, 0) is 57.1 Å². The minimum Gasteiger partial charge on any atom is -0.351 e. The first-order chi connectivity index (χ1) is 15.5. The number of amides is 3. The minimum absolute atomic E-state index is 0.0650. The second-order valence-corrected chi connectivity index (χ2v) is 9.18. The summed E-state index contributed by atoms with van der Waals surface area (Å²) in [5.74, 6) is 0.469. The third kappa shape index (κ3) is 5.67. The highest BCUT2D eigenvalue weighted by atomic mass is 35.5. The third-order valence-corrected chi connectivity index (χ3v) is 6.67. The maximum atomic E-state index is 12.5. The maximum absolute atomic E-state index is 12.5. The minimum atomic E-state index is -0.419. The normalized spacial score (nSPS) is 14.8. The average molecular weight is 473 g/mol. The Morgan fingerprint density at radius 1 is 1.22 bits per heavy atom. The van der Waals surface area contributed by atoms with Gasteiger partial charge < -0.3 is 20.9 Å². The Morgan fingerprint density at radius 2 is 2.00 bits per heavy atom.